The molecule has 0 fully saturated rings. The molecule has 0 aromatic heterocycles. The molecule has 0 aliphatic rings. The minimum absolute atomic E-state index is 0.405. The molecule has 0 saturated heterocycles. The molecule has 0 aliphatic carbocycles. The molecule has 1 aromatic rings. The number of amides is 3. The van der Waals surface area contributed by atoms with E-state index in [-0.39, 0.29) is 0 Å². The third-order valence-corrected chi connectivity index (χ3v) is 4.40. The number of benzene rings is 1. The first-order chi connectivity index (χ1) is 10.9. The van der Waals surface area contributed by atoms with Gasteiger partial charge in [0, 0.05) is 16.8 Å². The zero-order valence-corrected chi connectivity index (χ0v) is 15.3. The first-order valence-corrected chi connectivity index (χ1v) is 8.87. The lowest BCUT2D eigenvalue weighted by molar-refractivity contribution is -0.147. The zero-order chi connectivity index (χ0) is 17.2. The van der Waals surface area contributed by atoms with Crippen molar-refractivity contribution < 1.29 is 19.1 Å². The lowest BCUT2D eigenvalue weighted by atomic mass is 10.2. The van der Waals surface area contributed by atoms with E-state index in [0.29, 0.717) is 12.3 Å². The van der Waals surface area contributed by atoms with Crippen molar-refractivity contribution in [1.29, 1.82) is 0 Å². The van der Waals surface area contributed by atoms with Gasteiger partial charge in [-0.25, -0.2) is 4.79 Å². The van der Waals surface area contributed by atoms with E-state index in [2.05, 4.69) is 26.6 Å². The molecule has 3 amide bonds. The standard InChI is InChI=1S/C15H19BrN2O4S/c1-3-17-15(21)18-13(19)8-22-14(20)10(2)23-9-11-4-6-12(16)7-5-11/h4-7,10H,3,8-9H2,1-2H3,(H2,17,18,19,21)/t10-/m1/s1. The average molecular weight is 403 g/mol. The molecule has 0 radical (unpaired) electrons. The Kier molecular flexibility index (Phi) is 8.71. The van der Waals surface area contributed by atoms with Gasteiger partial charge in [0.1, 0.15) is 0 Å². The summed E-state index contributed by atoms with van der Waals surface area (Å²) in [4.78, 5) is 34.3. The molecule has 1 atom stereocenters. The maximum absolute atomic E-state index is 11.8. The van der Waals surface area contributed by atoms with Crippen LogP contribution in [0.15, 0.2) is 28.7 Å². The van der Waals surface area contributed by atoms with Gasteiger partial charge in [0.05, 0.1) is 5.25 Å². The monoisotopic (exact) mass is 402 g/mol. The highest BCUT2D eigenvalue weighted by Gasteiger charge is 2.17. The molecule has 1 aromatic carbocycles. The smallest absolute Gasteiger partial charge is 0.321 e. The van der Waals surface area contributed by atoms with Gasteiger partial charge in [-0.3, -0.25) is 14.9 Å². The highest BCUT2D eigenvalue weighted by Crippen LogP contribution is 2.20. The van der Waals surface area contributed by atoms with Crippen LogP contribution in [0.2, 0.25) is 0 Å². The number of carbonyl (C=O) groups excluding carboxylic acids is 3. The molecular formula is C15H19BrN2O4S. The largest absolute Gasteiger partial charge is 0.455 e. The Bertz CT molecular complexity index is 551. The molecule has 126 valence electrons. The van der Waals surface area contributed by atoms with E-state index in [1.54, 1.807) is 13.8 Å². The van der Waals surface area contributed by atoms with Gasteiger partial charge in [-0.1, -0.05) is 28.1 Å². The molecule has 0 unspecified atom stereocenters. The summed E-state index contributed by atoms with van der Waals surface area (Å²) < 4.78 is 5.89. The van der Waals surface area contributed by atoms with Crippen LogP contribution >= 0.6 is 27.7 Å². The van der Waals surface area contributed by atoms with Gasteiger partial charge in [0.15, 0.2) is 6.61 Å². The van der Waals surface area contributed by atoms with Gasteiger partial charge in [0.2, 0.25) is 0 Å². The number of thioether (sulfide) groups is 1. The number of nitrogens with one attached hydrogen (secondary N) is 2. The van der Waals surface area contributed by atoms with Crippen molar-refractivity contribution in [2.24, 2.45) is 0 Å². The van der Waals surface area contributed by atoms with E-state index in [9.17, 15) is 14.4 Å². The molecule has 1 rings (SSSR count). The van der Waals surface area contributed by atoms with Crippen molar-refractivity contribution in [3.05, 3.63) is 34.3 Å². The Morgan fingerprint density at radius 2 is 1.91 bits per heavy atom. The van der Waals surface area contributed by atoms with E-state index in [1.807, 2.05) is 24.3 Å². The normalized spacial score (nSPS) is 11.4. The van der Waals surface area contributed by atoms with E-state index in [0.717, 1.165) is 10.0 Å². The summed E-state index contributed by atoms with van der Waals surface area (Å²) in [6.45, 7) is 3.38. The number of hydrogen-bond acceptors (Lipinski definition) is 5. The summed E-state index contributed by atoms with van der Waals surface area (Å²) >= 11 is 4.78. The van der Waals surface area contributed by atoms with Gasteiger partial charge in [-0.2, -0.15) is 0 Å². The van der Waals surface area contributed by atoms with Crippen molar-refractivity contribution in [3.63, 3.8) is 0 Å². The van der Waals surface area contributed by atoms with E-state index in [4.69, 9.17) is 4.74 Å². The number of imide groups is 1. The number of rotatable bonds is 7. The summed E-state index contributed by atoms with van der Waals surface area (Å²) in [6.07, 6.45) is 0. The lowest BCUT2D eigenvalue weighted by Gasteiger charge is -2.11. The number of urea groups is 1. The van der Waals surface area contributed by atoms with Crippen LogP contribution in [-0.2, 0) is 20.1 Å². The summed E-state index contributed by atoms with van der Waals surface area (Å²) in [6, 6.07) is 7.20. The molecule has 0 spiro atoms. The second-order valence-electron chi connectivity index (χ2n) is 4.60. The predicted octanol–water partition coefficient (Wildman–Crippen LogP) is 2.46. The summed E-state index contributed by atoms with van der Waals surface area (Å²) in [5.74, 6) is -0.484. The molecule has 0 saturated carbocycles. The van der Waals surface area contributed by atoms with Crippen LogP contribution in [0.25, 0.3) is 0 Å². The van der Waals surface area contributed by atoms with Crippen molar-refractivity contribution in [2.75, 3.05) is 13.2 Å². The van der Waals surface area contributed by atoms with Crippen LogP contribution in [0.3, 0.4) is 0 Å². The number of hydrogen-bond donors (Lipinski definition) is 2. The molecule has 8 heteroatoms. The zero-order valence-electron chi connectivity index (χ0n) is 12.9. The van der Waals surface area contributed by atoms with E-state index < -0.39 is 29.8 Å². The second-order valence-corrected chi connectivity index (χ2v) is 6.84. The number of carbonyl (C=O) groups is 3. The fourth-order valence-electron chi connectivity index (χ4n) is 1.49. The van der Waals surface area contributed by atoms with Gasteiger partial charge in [-0.15, -0.1) is 11.8 Å². The van der Waals surface area contributed by atoms with Crippen molar-refractivity contribution in [2.45, 2.75) is 24.9 Å². The summed E-state index contributed by atoms with van der Waals surface area (Å²) in [5.41, 5.74) is 1.09. The van der Waals surface area contributed by atoms with Crippen LogP contribution in [-0.4, -0.2) is 36.3 Å². The van der Waals surface area contributed by atoms with Gasteiger partial charge in [-0.05, 0) is 31.5 Å². The molecular weight excluding hydrogens is 384 g/mol. The summed E-state index contributed by atoms with van der Waals surface area (Å²) in [5, 5.41) is 4.06. The average Bonchev–Trinajstić information content (AvgIpc) is 2.51. The van der Waals surface area contributed by atoms with Crippen molar-refractivity contribution >= 4 is 45.6 Å². The fourth-order valence-corrected chi connectivity index (χ4v) is 2.59. The Hall–Kier alpha value is -1.54. The Morgan fingerprint density at radius 1 is 1.26 bits per heavy atom. The maximum Gasteiger partial charge on any atom is 0.321 e. The molecule has 0 bridgehead atoms. The van der Waals surface area contributed by atoms with Gasteiger partial charge in [0.25, 0.3) is 5.91 Å². The first-order valence-electron chi connectivity index (χ1n) is 7.02. The quantitative estimate of drug-likeness (QED) is 0.684. The Morgan fingerprint density at radius 3 is 2.52 bits per heavy atom. The minimum atomic E-state index is -0.658. The third-order valence-electron chi connectivity index (χ3n) is 2.68. The van der Waals surface area contributed by atoms with Crippen LogP contribution < -0.4 is 10.6 Å². The SMILES string of the molecule is CCNC(=O)NC(=O)COC(=O)[C@@H](C)SCc1ccc(Br)cc1. The molecule has 0 aliphatic heterocycles. The highest BCUT2D eigenvalue weighted by atomic mass is 79.9. The minimum Gasteiger partial charge on any atom is -0.455 e. The molecule has 23 heavy (non-hydrogen) atoms. The third kappa shape index (κ3) is 8.03. The predicted molar refractivity (Wildman–Crippen MR) is 93.1 cm³/mol. The number of ether oxygens (including phenoxy) is 1. The lowest BCUT2D eigenvalue weighted by Crippen LogP contribution is -2.41. The van der Waals surface area contributed by atoms with Crippen LogP contribution in [0.5, 0.6) is 0 Å². The van der Waals surface area contributed by atoms with Crippen molar-refractivity contribution in [3.8, 4) is 0 Å². The fraction of sp³-hybridized carbons (Fsp3) is 0.400. The second kappa shape index (κ2) is 10.3. The Balaban J connectivity index is 2.29. The van der Waals surface area contributed by atoms with Gasteiger partial charge < -0.3 is 10.1 Å². The first kappa shape index (κ1) is 19.5. The van der Waals surface area contributed by atoms with E-state index in [1.165, 1.54) is 11.8 Å². The van der Waals surface area contributed by atoms with Crippen LogP contribution in [0, 0.1) is 0 Å². The van der Waals surface area contributed by atoms with Crippen molar-refractivity contribution in [1.82, 2.24) is 10.6 Å². The van der Waals surface area contributed by atoms with Crippen LogP contribution in [0.4, 0.5) is 4.79 Å². The number of esters is 1. The molecule has 6 nitrogen and oxygen atoms in total. The van der Waals surface area contributed by atoms with E-state index >= 15 is 0 Å². The number of halogens is 1. The summed E-state index contributed by atoms with van der Waals surface area (Å²) in [7, 11) is 0. The highest BCUT2D eigenvalue weighted by molar-refractivity contribution is 9.10. The topological polar surface area (TPSA) is 84.5 Å². The van der Waals surface area contributed by atoms with Gasteiger partial charge >= 0.3 is 12.0 Å². The maximum atomic E-state index is 11.8. The molecule has 0 heterocycles. The Labute approximate surface area is 147 Å². The molecule has 2 N–H and O–H groups in total. The van der Waals surface area contributed by atoms with Crippen LogP contribution in [0.1, 0.15) is 19.4 Å².